The van der Waals surface area contributed by atoms with Crippen LogP contribution < -0.4 is 11.1 Å². The van der Waals surface area contributed by atoms with Crippen LogP contribution in [0.1, 0.15) is 12.0 Å². The second-order valence-electron chi connectivity index (χ2n) is 4.10. The first-order valence-corrected chi connectivity index (χ1v) is 7.54. The molecule has 1 rings (SSSR count). The van der Waals surface area contributed by atoms with Crippen molar-refractivity contribution in [3.8, 4) is 0 Å². The second kappa shape index (κ2) is 6.46. The molecule has 6 nitrogen and oxygen atoms in total. The molecule has 1 atom stereocenters. The van der Waals surface area contributed by atoms with E-state index < -0.39 is 15.9 Å². The Kier molecular flexibility index (Phi) is 5.24. The van der Waals surface area contributed by atoms with Crippen LogP contribution in [-0.2, 0) is 21.2 Å². The highest BCUT2D eigenvalue weighted by Gasteiger charge is 2.15. The number of nitrogens with one attached hydrogen (secondary N) is 1. The molecule has 18 heavy (non-hydrogen) atoms. The first-order chi connectivity index (χ1) is 8.38. The van der Waals surface area contributed by atoms with Crippen LogP contribution in [-0.4, -0.2) is 37.4 Å². The van der Waals surface area contributed by atoms with E-state index >= 15 is 0 Å². The van der Waals surface area contributed by atoms with Gasteiger partial charge in [-0.1, -0.05) is 0 Å². The Bertz CT molecular complexity index is 488. The molecule has 1 amide bonds. The Hall–Kier alpha value is -1.47. The summed E-state index contributed by atoms with van der Waals surface area (Å²) in [6, 6.07) is 2.76. The lowest BCUT2D eigenvalue weighted by molar-refractivity contribution is -0.122. The standard InChI is InChI=1S/C11H17N3O3S/c1-18(16,17)7-4-10(12)11(15)14-8-9-2-5-13-6-3-9/h2-3,5-6,10H,4,7-8,12H2,1H3,(H,14,15)/t10-/m0/s1. The van der Waals surface area contributed by atoms with E-state index in [1.54, 1.807) is 24.5 Å². The van der Waals surface area contributed by atoms with E-state index in [4.69, 9.17) is 5.73 Å². The summed E-state index contributed by atoms with van der Waals surface area (Å²) in [6.07, 6.45) is 4.51. The highest BCUT2D eigenvalue weighted by atomic mass is 32.2. The quantitative estimate of drug-likeness (QED) is 0.723. The molecule has 7 heteroatoms. The fourth-order valence-corrected chi connectivity index (χ4v) is 1.98. The topological polar surface area (TPSA) is 102 Å². The van der Waals surface area contributed by atoms with Crippen molar-refractivity contribution in [2.75, 3.05) is 12.0 Å². The summed E-state index contributed by atoms with van der Waals surface area (Å²) in [7, 11) is -3.09. The molecular weight excluding hydrogens is 254 g/mol. The molecule has 0 radical (unpaired) electrons. The van der Waals surface area contributed by atoms with Gasteiger partial charge < -0.3 is 11.1 Å². The van der Waals surface area contributed by atoms with Crippen LogP contribution in [0.25, 0.3) is 0 Å². The van der Waals surface area contributed by atoms with Crippen molar-refractivity contribution < 1.29 is 13.2 Å². The van der Waals surface area contributed by atoms with Gasteiger partial charge in [-0.3, -0.25) is 9.78 Å². The fraction of sp³-hybridized carbons (Fsp3) is 0.455. The number of hydrogen-bond donors (Lipinski definition) is 2. The maximum absolute atomic E-state index is 11.6. The van der Waals surface area contributed by atoms with Gasteiger partial charge in [-0.15, -0.1) is 0 Å². The number of amides is 1. The predicted molar refractivity (Wildman–Crippen MR) is 68.4 cm³/mol. The Balaban J connectivity index is 2.37. The van der Waals surface area contributed by atoms with Crippen LogP contribution in [0.2, 0.25) is 0 Å². The maximum Gasteiger partial charge on any atom is 0.237 e. The van der Waals surface area contributed by atoms with Crippen molar-refractivity contribution in [2.45, 2.75) is 19.0 Å². The third kappa shape index (κ3) is 5.74. The molecule has 0 fully saturated rings. The van der Waals surface area contributed by atoms with E-state index in [0.717, 1.165) is 11.8 Å². The number of nitrogens with two attached hydrogens (primary N) is 1. The zero-order valence-corrected chi connectivity index (χ0v) is 11.0. The molecule has 0 spiro atoms. The van der Waals surface area contributed by atoms with E-state index in [9.17, 15) is 13.2 Å². The molecule has 0 saturated carbocycles. The van der Waals surface area contributed by atoms with Gasteiger partial charge in [-0.25, -0.2) is 8.42 Å². The van der Waals surface area contributed by atoms with Crippen molar-refractivity contribution >= 4 is 15.7 Å². The SMILES string of the molecule is CS(=O)(=O)CC[C@H](N)C(=O)NCc1ccncc1. The third-order valence-electron chi connectivity index (χ3n) is 2.35. The Morgan fingerprint density at radius 2 is 2.06 bits per heavy atom. The maximum atomic E-state index is 11.6. The largest absolute Gasteiger partial charge is 0.351 e. The molecule has 0 aliphatic carbocycles. The van der Waals surface area contributed by atoms with Gasteiger partial charge in [0.25, 0.3) is 0 Å². The zero-order chi connectivity index (χ0) is 13.6. The van der Waals surface area contributed by atoms with E-state index in [1.165, 1.54) is 0 Å². The molecule has 0 aliphatic rings. The molecule has 0 aliphatic heterocycles. The van der Waals surface area contributed by atoms with Crippen molar-refractivity contribution in [1.29, 1.82) is 0 Å². The molecule has 0 saturated heterocycles. The van der Waals surface area contributed by atoms with Gasteiger partial charge in [0.15, 0.2) is 0 Å². The molecule has 0 bridgehead atoms. The van der Waals surface area contributed by atoms with Crippen LogP contribution in [0.15, 0.2) is 24.5 Å². The summed E-state index contributed by atoms with van der Waals surface area (Å²) in [5.74, 6) is -0.438. The molecule has 100 valence electrons. The summed E-state index contributed by atoms with van der Waals surface area (Å²) >= 11 is 0. The Morgan fingerprint density at radius 1 is 1.44 bits per heavy atom. The average Bonchev–Trinajstić information content (AvgIpc) is 2.33. The van der Waals surface area contributed by atoms with Gasteiger partial charge in [0.2, 0.25) is 5.91 Å². The van der Waals surface area contributed by atoms with E-state index in [-0.39, 0.29) is 18.1 Å². The van der Waals surface area contributed by atoms with Gasteiger partial charge in [0.05, 0.1) is 11.8 Å². The molecule has 1 heterocycles. The molecule has 1 aromatic heterocycles. The minimum Gasteiger partial charge on any atom is -0.351 e. The monoisotopic (exact) mass is 271 g/mol. The van der Waals surface area contributed by atoms with Gasteiger partial charge in [0.1, 0.15) is 9.84 Å². The number of rotatable bonds is 6. The number of aromatic nitrogens is 1. The van der Waals surface area contributed by atoms with Gasteiger partial charge in [0, 0.05) is 25.2 Å². The number of sulfone groups is 1. The van der Waals surface area contributed by atoms with E-state index in [0.29, 0.717) is 6.54 Å². The number of carbonyl (C=O) groups excluding carboxylic acids is 1. The second-order valence-corrected chi connectivity index (χ2v) is 6.36. The lowest BCUT2D eigenvalue weighted by Gasteiger charge is -2.11. The minimum atomic E-state index is -3.09. The van der Waals surface area contributed by atoms with Gasteiger partial charge >= 0.3 is 0 Å². The molecule has 0 unspecified atom stereocenters. The Morgan fingerprint density at radius 3 is 2.61 bits per heavy atom. The highest BCUT2D eigenvalue weighted by molar-refractivity contribution is 7.90. The zero-order valence-electron chi connectivity index (χ0n) is 10.2. The van der Waals surface area contributed by atoms with Crippen molar-refractivity contribution in [3.63, 3.8) is 0 Å². The molecular formula is C11H17N3O3S. The number of pyridine rings is 1. The smallest absolute Gasteiger partial charge is 0.237 e. The molecule has 0 aromatic carbocycles. The number of nitrogens with zero attached hydrogens (tertiary/aromatic N) is 1. The van der Waals surface area contributed by atoms with Crippen molar-refractivity contribution in [1.82, 2.24) is 10.3 Å². The summed E-state index contributed by atoms with van der Waals surface area (Å²) in [5, 5.41) is 2.65. The normalized spacial score (nSPS) is 13.0. The Labute approximate surface area is 107 Å². The lowest BCUT2D eigenvalue weighted by Crippen LogP contribution is -2.41. The van der Waals surface area contributed by atoms with Crippen molar-refractivity contribution in [2.24, 2.45) is 5.73 Å². The third-order valence-corrected chi connectivity index (χ3v) is 3.33. The molecule has 1 aromatic rings. The first kappa shape index (κ1) is 14.6. The van der Waals surface area contributed by atoms with Crippen LogP contribution in [0.3, 0.4) is 0 Å². The summed E-state index contributed by atoms with van der Waals surface area (Å²) in [5.41, 5.74) is 6.51. The van der Waals surface area contributed by atoms with Gasteiger partial charge in [-0.05, 0) is 24.1 Å². The number of carbonyl (C=O) groups is 1. The first-order valence-electron chi connectivity index (χ1n) is 5.48. The predicted octanol–water partition coefficient (Wildman–Crippen LogP) is -0.540. The summed E-state index contributed by atoms with van der Waals surface area (Å²) in [4.78, 5) is 15.4. The van der Waals surface area contributed by atoms with E-state index in [2.05, 4.69) is 10.3 Å². The number of hydrogen-bond acceptors (Lipinski definition) is 5. The van der Waals surface area contributed by atoms with Crippen LogP contribution >= 0.6 is 0 Å². The van der Waals surface area contributed by atoms with Crippen LogP contribution in [0, 0.1) is 0 Å². The van der Waals surface area contributed by atoms with Crippen LogP contribution in [0.4, 0.5) is 0 Å². The fourth-order valence-electron chi connectivity index (χ4n) is 1.29. The van der Waals surface area contributed by atoms with Gasteiger partial charge in [-0.2, -0.15) is 0 Å². The van der Waals surface area contributed by atoms with Crippen molar-refractivity contribution in [3.05, 3.63) is 30.1 Å². The minimum absolute atomic E-state index is 0.0865. The highest BCUT2D eigenvalue weighted by Crippen LogP contribution is 1.97. The summed E-state index contributed by atoms with van der Waals surface area (Å²) in [6.45, 7) is 0.355. The lowest BCUT2D eigenvalue weighted by atomic mass is 10.2. The molecule has 3 N–H and O–H groups in total. The summed E-state index contributed by atoms with van der Waals surface area (Å²) < 4.78 is 21.9. The average molecular weight is 271 g/mol. The van der Waals surface area contributed by atoms with E-state index in [1.807, 2.05) is 0 Å². The van der Waals surface area contributed by atoms with Crippen LogP contribution in [0.5, 0.6) is 0 Å².